The first kappa shape index (κ1) is 14.7. The van der Waals surface area contributed by atoms with Gasteiger partial charge in [0.2, 0.25) is 16.9 Å². The van der Waals surface area contributed by atoms with E-state index >= 15 is 0 Å². The molecule has 0 saturated heterocycles. The van der Waals surface area contributed by atoms with E-state index in [0.29, 0.717) is 22.6 Å². The summed E-state index contributed by atoms with van der Waals surface area (Å²) >= 11 is 2.44. The van der Waals surface area contributed by atoms with Crippen molar-refractivity contribution in [3.05, 3.63) is 6.20 Å². The lowest BCUT2D eigenvalue weighted by Gasteiger charge is -2.05. The second-order valence-corrected chi connectivity index (χ2v) is 5.73. The van der Waals surface area contributed by atoms with Crippen LogP contribution in [0.3, 0.4) is 0 Å². The molecule has 108 valence electrons. The number of anilines is 1. The van der Waals surface area contributed by atoms with E-state index in [1.165, 1.54) is 34.0 Å². The van der Waals surface area contributed by atoms with E-state index in [0.717, 1.165) is 0 Å². The van der Waals surface area contributed by atoms with Crippen molar-refractivity contribution in [2.45, 2.75) is 10.9 Å². The van der Waals surface area contributed by atoms with Crippen molar-refractivity contribution in [3.63, 3.8) is 0 Å². The lowest BCUT2D eigenvalue weighted by molar-refractivity contribution is -0.763. The van der Waals surface area contributed by atoms with Gasteiger partial charge in [-0.15, -0.1) is 10.2 Å². The molecule has 0 aromatic carbocycles. The van der Waals surface area contributed by atoms with Crippen molar-refractivity contribution in [1.29, 1.82) is 0 Å². The molecule has 2 aromatic rings. The van der Waals surface area contributed by atoms with Crippen LogP contribution in [0.25, 0.3) is 0 Å². The maximum atomic E-state index is 11.6. The predicted octanol–water partition coefficient (Wildman–Crippen LogP) is -0.775. The third-order valence-electron chi connectivity index (χ3n) is 2.00. The first-order chi connectivity index (χ1) is 9.67. The monoisotopic (exact) mass is 316 g/mol. The molecule has 0 radical (unpaired) electrons. The molecule has 2 heterocycles. The highest BCUT2D eigenvalue weighted by Gasteiger charge is 2.09. The topological polar surface area (TPSA) is 126 Å². The smallest absolute Gasteiger partial charge is 0.320 e. The minimum atomic E-state index is -0.348. The molecule has 2 aromatic heterocycles. The van der Waals surface area contributed by atoms with Crippen LogP contribution in [0.1, 0.15) is 0 Å². The molecule has 2 rings (SSSR count). The first-order valence-electron chi connectivity index (χ1n) is 5.49. The maximum Gasteiger partial charge on any atom is 0.320 e. The molecule has 0 aliphatic heterocycles. The second kappa shape index (κ2) is 7.17. The molecule has 20 heavy (non-hydrogen) atoms. The van der Waals surface area contributed by atoms with Crippen molar-refractivity contribution in [2.75, 3.05) is 25.2 Å². The highest BCUT2D eigenvalue weighted by molar-refractivity contribution is 8.01. The van der Waals surface area contributed by atoms with Crippen LogP contribution in [0.15, 0.2) is 20.1 Å². The zero-order valence-electron chi connectivity index (χ0n) is 10.6. The number of thioether (sulfide) groups is 1. The molecule has 0 saturated carbocycles. The van der Waals surface area contributed by atoms with E-state index < -0.39 is 0 Å². The maximum absolute atomic E-state index is 11.6. The van der Waals surface area contributed by atoms with E-state index in [9.17, 15) is 5.11 Å². The fourth-order valence-electron chi connectivity index (χ4n) is 1.17. The number of methoxy groups -OCH3 is 1. The van der Waals surface area contributed by atoms with Crippen LogP contribution in [0, 0.1) is 0 Å². The third-order valence-corrected chi connectivity index (χ3v) is 3.87. The minimum Gasteiger partial charge on any atom is -0.861 e. The largest absolute Gasteiger partial charge is 0.861 e. The third kappa shape index (κ3) is 4.43. The summed E-state index contributed by atoms with van der Waals surface area (Å²) in [5.41, 5.74) is 5.44. The normalized spacial score (nSPS) is 11.9. The van der Waals surface area contributed by atoms with Gasteiger partial charge in [-0.05, 0) is 10.6 Å². The van der Waals surface area contributed by atoms with Gasteiger partial charge in [0.1, 0.15) is 6.61 Å². The zero-order chi connectivity index (χ0) is 14.4. The Bertz CT molecular complexity index is 584. The molecule has 0 fully saturated rings. The number of nitrogens with two attached hydrogens (primary N) is 1. The van der Waals surface area contributed by atoms with Gasteiger partial charge in [0, 0.05) is 12.9 Å². The van der Waals surface area contributed by atoms with Gasteiger partial charge in [0.25, 0.3) is 6.20 Å². The number of nitrogens with zero attached hydrogens (tertiary/aromatic N) is 5. The molecule has 11 heteroatoms. The predicted molar refractivity (Wildman–Crippen MR) is 70.7 cm³/mol. The van der Waals surface area contributed by atoms with Crippen molar-refractivity contribution < 1.29 is 19.0 Å². The van der Waals surface area contributed by atoms with Gasteiger partial charge in [-0.2, -0.15) is 0 Å². The van der Waals surface area contributed by atoms with Crippen LogP contribution < -0.4 is 15.5 Å². The van der Waals surface area contributed by atoms with Crippen LogP contribution >= 0.6 is 23.1 Å². The lowest BCUT2D eigenvalue weighted by atomic mass is 10.6. The van der Waals surface area contributed by atoms with Crippen LogP contribution in [-0.2, 0) is 11.3 Å². The average Bonchev–Trinajstić information content (AvgIpc) is 3.03. The van der Waals surface area contributed by atoms with E-state index in [1.807, 2.05) is 0 Å². The zero-order valence-corrected chi connectivity index (χ0v) is 12.2. The molecule has 0 amide bonds. The summed E-state index contributed by atoms with van der Waals surface area (Å²) in [4.78, 5) is 3.78. The van der Waals surface area contributed by atoms with Crippen molar-refractivity contribution in [1.82, 2.24) is 15.5 Å². The van der Waals surface area contributed by atoms with Gasteiger partial charge in [-0.25, -0.2) is 4.99 Å². The Balaban J connectivity index is 1.87. The summed E-state index contributed by atoms with van der Waals surface area (Å²) < 4.78 is 11.9. The van der Waals surface area contributed by atoms with Crippen LogP contribution in [0.2, 0.25) is 0 Å². The van der Waals surface area contributed by atoms with Gasteiger partial charge < -0.3 is 15.6 Å². The average molecular weight is 316 g/mol. The Hall–Kier alpha value is -1.72. The van der Waals surface area contributed by atoms with Crippen molar-refractivity contribution in [3.8, 4) is 0 Å². The Labute approximate surface area is 122 Å². The van der Waals surface area contributed by atoms with Crippen LogP contribution in [0.4, 0.5) is 11.0 Å². The fourth-order valence-corrected chi connectivity index (χ4v) is 2.59. The summed E-state index contributed by atoms with van der Waals surface area (Å²) in [6, 6.07) is 0. The molecular weight excluding hydrogens is 304 g/mol. The van der Waals surface area contributed by atoms with Crippen molar-refractivity contribution in [2.24, 2.45) is 4.99 Å². The highest BCUT2D eigenvalue weighted by Crippen LogP contribution is 2.23. The van der Waals surface area contributed by atoms with E-state index in [4.69, 9.17) is 15.0 Å². The van der Waals surface area contributed by atoms with E-state index in [2.05, 4.69) is 20.5 Å². The number of ether oxygens (including phenoxy) is 1. The Morgan fingerprint density at radius 3 is 3.20 bits per heavy atom. The molecule has 0 atom stereocenters. The van der Waals surface area contributed by atoms with Crippen molar-refractivity contribution >= 4 is 40.0 Å². The SMILES string of the molecule is COCC[n+]1cc(/N=C(/[O-])CSc2nnc(N)s2)on1. The first-order valence-corrected chi connectivity index (χ1v) is 7.29. The summed E-state index contributed by atoms with van der Waals surface area (Å²) in [5, 5.41) is 23.1. The summed E-state index contributed by atoms with van der Waals surface area (Å²) in [7, 11) is 1.59. The van der Waals surface area contributed by atoms with Gasteiger partial charge >= 0.3 is 5.88 Å². The van der Waals surface area contributed by atoms with Crippen LogP contribution in [-0.4, -0.2) is 40.8 Å². The number of nitrogen functional groups attached to an aromatic ring is 1. The summed E-state index contributed by atoms with van der Waals surface area (Å²) in [6.45, 7) is 1.03. The number of hydrogen-bond acceptors (Lipinski definition) is 10. The molecule has 2 N–H and O–H groups in total. The Morgan fingerprint density at radius 1 is 1.65 bits per heavy atom. The van der Waals surface area contributed by atoms with Gasteiger partial charge in [0.15, 0.2) is 4.34 Å². The van der Waals surface area contributed by atoms with Crippen LogP contribution in [0.5, 0.6) is 0 Å². The standard InChI is InChI=1S/C9H12N6O3S2/c1-17-3-2-15-4-7(18-14-15)11-6(16)5-19-9-13-12-8(10)20-9/h4H,2-3,5H2,1H3,(H2-,10,11,12,14,16). The van der Waals surface area contributed by atoms with Gasteiger partial charge in [-0.3, -0.25) is 4.52 Å². The number of aliphatic imine (C=N–C) groups is 1. The summed E-state index contributed by atoms with van der Waals surface area (Å²) in [6.07, 6.45) is 1.53. The number of aromatic nitrogens is 4. The highest BCUT2D eigenvalue weighted by atomic mass is 32.2. The molecule has 9 nitrogen and oxygen atoms in total. The lowest BCUT2D eigenvalue weighted by Crippen LogP contribution is -2.36. The second-order valence-electron chi connectivity index (χ2n) is 3.50. The molecular formula is C9H12N6O3S2. The molecule has 0 aliphatic carbocycles. The molecule has 0 bridgehead atoms. The quantitative estimate of drug-likeness (QED) is 0.305. The molecule has 0 unspecified atom stereocenters. The van der Waals surface area contributed by atoms with E-state index in [1.54, 1.807) is 7.11 Å². The summed E-state index contributed by atoms with van der Waals surface area (Å²) in [5.74, 6) is -0.0600. The van der Waals surface area contributed by atoms with E-state index in [-0.39, 0.29) is 17.5 Å². The minimum absolute atomic E-state index is 0.132. The molecule has 0 aliphatic rings. The Kier molecular flexibility index (Phi) is 5.26. The fraction of sp³-hybridized carbons (Fsp3) is 0.444. The Morgan fingerprint density at radius 2 is 2.50 bits per heavy atom. The number of rotatable bonds is 7. The van der Waals surface area contributed by atoms with Gasteiger partial charge in [0.05, 0.1) is 0 Å². The number of hydrogen-bond donors (Lipinski definition) is 1. The molecule has 0 spiro atoms. The van der Waals surface area contributed by atoms with Gasteiger partial charge in [-0.1, -0.05) is 23.1 Å².